The van der Waals surface area contributed by atoms with Crippen LogP contribution in [0.3, 0.4) is 0 Å². The minimum atomic E-state index is -4.45. The fourth-order valence-electron chi connectivity index (χ4n) is 6.78. The van der Waals surface area contributed by atoms with Gasteiger partial charge in [0.15, 0.2) is 69.0 Å². The Labute approximate surface area is 400 Å². The summed E-state index contributed by atoms with van der Waals surface area (Å²) in [7, 11) is -4.95. The van der Waals surface area contributed by atoms with Crippen molar-refractivity contribution in [3.63, 3.8) is 0 Å². The zero-order chi connectivity index (χ0) is 49.4. The molecular weight excluding hydrogens is 961 g/mol. The van der Waals surface area contributed by atoms with Crippen LogP contribution < -0.4 is 56.8 Å². The van der Waals surface area contributed by atoms with Gasteiger partial charge in [0.2, 0.25) is 13.6 Å². The van der Waals surface area contributed by atoms with Crippen molar-refractivity contribution in [2.24, 2.45) is 0 Å². The van der Waals surface area contributed by atoms with Crippen molar-refractivity contribution < 1.29 is 88.4 Å². The number of anilines is 2. The fourth-order valence-corrected chi connectivity index (χ4v) is 8.92. The molecule has 0 saturated heterocycles. The molecule has 0 saturated carbocycles. The average Bonchev–Trinajstić information content (AvgIpc) is 4.05. The van der Waals surface area contributed by atoms with Crippen molar-refractivity contribution in [3.8, 4) is 69.0 Å². The summed E-state index contributed by atoms with van der Waals surface area (Å²) in [5.74, 6) is -0.840. The van der Waals surface area contributed by atoms with Gasteiger partial charge in [-0.05, 0) is 72.8 Å². The summed E-state index contributed by atoms with van der Waals surface area (Å²) in [6.45, 7) is -1.90. The van der Waals surface area contributed by atoms with Gasteiger partial charge in [0.25, 0.3) is 20.0 Å². The number of esters is 2. The van der Waals surface area contributed by atoms with Gasteiger partial charge < -0.3 is 61.9 Å². The van der Waals surface area contributed by atoms with E-state index in [1.54, 1.807) is 48.5 Å². The maximum Gasteiger partial charge on any atom is 0.338 e. The molecule has 23 heteroatoms. The number of aliphatic hydroxyl groups is 1. The second-order valence-electron chi connectivity index (χ2n) is 14.5. The molecule has 0 spiro atoms. The smallest absolute Gasteiger partial charge is 0.338 e. The number of para-hydroxylation sites is 4. The summed E-state index contributed by atoms with van der Waals surface area (Å²) in [4.78, 5) is 26.5. The fraction of sp³-hybridized carbons (Fsp3) is 0.191. The predicted molar refractivity (Wildman–Crippen MR) is 245 cm³/mol. The molecule has 2 heterocycles. The molecule has 70 heavy (non-hydrogen) atoms. The van der Waals surface area contributed by atoms with E-state index in [-0.39, 0.29) is 110 Å². The lowest BCUT2D eigenvalue weighted by Crippen LogP contribution is -2.17. The number of methoxy groups -OCH3 is 3. The summed E-state index contributed by atoms with van der Waals surface area (Å²) < 4.78 is 128. The maximum atomic E-state index is 14.0. The molecule has 6 aromatic carbocycles. The number of carbonyl (C=O) groups is 2. The first-order valence-electron chi connectivity index (χ1n) is 20.8. The molecule has 366 valence electrons. The van der Waals surface area contributed by atoms with Crippen molar-refractivity contribution in [1.29, 1.82) is 0 Å². The van der Waals surface area contributed by atoms with E-state index < -0.39 is 51.8 Å². The van der Waals surface area contributed by atoms with Gasteiger partial charge in [-0.25, -0.2) is 26.4 Å². The molecule has 0 atom stereocenters. The van der Waals surface area contributed by atoms with Crippen molar-refractivity contribution in [1.82, 2.24) is 0 Å². The maximum absolute atomic E-state index is 14.0. The number of nitrogens with one attached hydrogen (secondary N) is 2. The summed E-state index contributed by atoms with van der Waals surface area (Å²) in [6.07, 6.45) is 0. The van der Waals surface area contributed by atoms with E-state index in [2.05, 4.69) is 9.44 Å². The molecule has 21 nitrogen and oxygen atoms in total. The van der Waals surface area contributed by atoms with Crippen molar-refractivity contribution in [3.05, 3.63) is 120 Å². The Morgan fingerprint density at radius 3 is 1.43 bits per heavy atom. The summed E-state index contributed by atoms with van der Waals surface area (Å²) in [5, 5.41) is 9.72. The molecule has 2 aliphatic heterocycles. The number of benzene rings is 6. The molecular formula is C47H42N2O19S2. The van der Waals surface area contributed by atoms with Crippen LogP contribution in [0, 0.1) is 0 Å². The molecule has 0 bridgehead atoms. The second kappa shape index (κ2) is 20.9. The molecule has 3 N–H and O–H groups in total. The standard InChI is InChI=1S/C47H42N2O19S2/c1-57-34-8-4-6-10-38(34)67-44-33(49-70(55,56)31-13-15-37-41(25-31)66-27-64-37)21-29(23-42(44)60-17-16-50)47(52)62-19-18-61-43-22-28(46(51)59-3)20-32(45(43)68-39-11-7-5-9-35(39)58-2)48-69(53,54)30-12-14-36-40(24-30)65-26-63-36/h4-15,20-25,48-50H,16-19,26-27H2,1-3H3. The normalized spacial score (nSPS) is 12.3. The molecule has 0 aliphatic carbocycles. The van der Waals surface area contributed by atoms with Gasteiger partial charge in [0, 0.05) is 12.1 Å². The van der Waals surface area contributed by atoms with Crippen molar-refractivity contribution in [2.45, 2.75) is 9.79 Å². The van der Waals surface area contributed by atoms with Crippen LogP contribution in [0.2, 0.25) is 0 Å². The SMILES string of the molecule is COC(=O)c1cc(NS(=O)(=O)c2ccc3c(c2)OCO3)c(Oc2ccccc2OC)c(OCCOC(=O)c2cc(NS(=O)(=O)c3ccc4c(c3)OCO4)c(Oc3ccccc3OC)c(OCCO)c2)c1. The van der Waals surface area contributed by atoms with E-state index >= 15 is 0 Å². The van der Waals surface area contributed by atoms with Crippen LogP contribution in [0.1, 0.15) is 20.7 Å². The van der Waals surface area contributed by atoms with E-state index in [4.69, 9.17) is 56.8 Å². The third-order valence-electron chi connectivity index (χ3n) is 10.0. The highest BCUT2D eigenvalue weighted by Gasteiger charge is 2.29. The third-order valence-corrected chi connectivity index (χ3v) is 12.8. The molecule has 0 fully saturated rings. The highest BCUT2D eigenvalue weighted by molar-refractivity contribution is 7.93. The van der Waals surface area contributed by atoms with Crippen LogP contribution in [0.4, 0.5) is 11.4 Å². The third kappa shape index (κ3) is 10.7. The van der Waals surface area contributed by atoms with Crippen LogP contribution in [-0.4, -0.2) is 95.2 Å². The molecule has 0 amide bonds. The summed E-state index contributed by atoms with van der Waals surface area (Å²) in [5.41, 5.74) is -0.945. The van der Waals surface area contributed by atoms with Gasteiger partial charge in [-0.3, -0.25) is 9.44 Å². The van der Waals surface area contributed by atoms with Gasteiger partial charge in [0.1, 0.15) is 19.8 Å². The van der Waals surface area contributed by atoms with E-state index in [1.165, 1.54) is 68.8 Å². The quantitative estimate of drug-likeness (QED) is 0.0498. The Bertz CT molecular complexity index is 3170. The molecule has 8 rings (SSSR count). The lowest BCUT2D eigenvalue weighted by molar-refractivity contribution is 0.0448. The number of rotatable bonds is 21. The van der Waals surface area contributed by atoms with Crippen LogP contribution >= 0.6 is 0 Å². The average molecular weight is 1000 g/mol. The lowest BCUT2D eigenvalue weighted by atomic mass is 10.1. The second-order valence-corrected chi connectivity index (χ2v) is 17.9. The Balaban J connectivity index is 1.10. The number of hydrogen-bond donors (Lipinski definition) is 3. The van der Waals surface area contributed by atoms with E-state index in [0.717, 1.165) is 13.2 Å². The Morgan fingerprint density at radius 1 is 0.529 bits per heavy atom. The highest BCUT2D eigenvalue weighted by Crippen LogP contribution is 2.46. The number of hydrogen-bond acceptors (Lipinski definition) is 19. The summed E-state index contributed by atoms with van der Waals surface area (Å²) in [6, 6.07) is 25.7. The van der Waals surface area contributed by atoms with Gasteiger partial charge in [-0.1, -0.05) is 24.3 Å². The van der Waals surface area contributed by atoms with E-state index in [0.29, 0.717) is 11.5 Å². The van der Waals surface area contributed by atoms with Crippen LogP contribution in [0.5, 0.6) is 69.0 Å². The number of fused-ring (bicyclic) bond motifs is 2. The number of ether oxygens (including phenoxy) is 12. The minimum absolute atomic E-state index is 0.0990. The van der Waals surface area contributed by atoms with Crippen molar-refractivity contribution in [2.75, 3.05) is 70.8 Å². The van der Waals surface area contributed by atoms with Crippen molar-refractivity contribution >= 4 is 43.4 Å². The van der Waals surface area contributed by atoms with Gasteiger partial charge in [-0.2, -0.15) is 0 Å². The Kier molecular flexibility index (Phi) is 14.4. The van der Waals surface area contributed by atoms with Gasteiger partial charge in [0.05, 0.1) is 60.2 Å². The van der Waals surface area contributed by atoms with Gasteiger partial charge >= 0.3 is 11.9 Å². The van der Waals surface area contributed by atoms with Crippen LogP contribution in [0.25, 0.3) is 0 Å². The Hall–Kier alpha value is -8.28. The molecule has 0 aromatic heterocycles. The first kappa shape index (κ1) is 48.2. The van der Waals surface area contributed by atoms with Crippen LogP contribution in [0.15, 0.2) is 119 Å². The van der Waals surface area contributed by atoms with Gasteiger partial charge in [-0.15, -0.1) is 0 Å². The highest BCUT2D eigenvalue weighted by atomic mass is 32.2. The molecule has 0 radical (unpaired) electrons. The topological polar surface area (TPSA) is 257 Å². The minimum Gasteiger partial charge on any atom is -0.493 e. The largest absolute Gasteiger partial charge is 0.493 e. The van der Waals surface area contributed by atoms with E-state index in [1.807, 2.05) is 0 Å². The first-order chi connectivity index (χ1) is 33.8. The number of aliphatic hydroxyl groups excluding tert-OH is 1. The first-order valence-corrected chi connectivity index (χ1v) is 23.7. The summed E-state index contributed by atoms with van der Waals surface area (Å²) >= 11 is 0. The molecule has 6 aromatic rings. The number of sulfonamides is 2. The zero-order valence-electron chi connectivity index (χ0n) is 37.2. The Morgan fingerprint density at radius 2 is 0.971 bits per heavy atom. The predicted octanol–water partition coefficient (Wildman–Crippen LogP) is 6.74. The van der Waals surface area contributed by atoms with Crippen LogP contribution in [-0.2, 0) is 29.5 Å². The number of carbonyl (C=O) groups excluding carboxylic acids is 2. The lowest BCUT2D eigenvalue weighted by Gasteiger charge is -2.20. The molecule has 2 aliphatic rings. The van der Waals surface area contributed by atoms with E-state index in [9.17, 15) is 31.5 Å². The molecule has 0 unspecified atom stereocenters. The zero-order valence-corrected chi connectivity index (χ0v) is 38.9. The monoisotopic (exact) mass is 1000 g/mol.